The molecule has 0 amide bonds. The number of anilines is 1. The van der Waals surface area contributed by atoms with E-state index in [-0.39, 0.29) is 12.3 Å². The molecule has 0 saturated carbocycles. The number of benzene rings is 2. The molecule has 0 bridgehead atoms. The first-order valence-electron chi connectivity index (χ1n) is 14.1. The lowest BCUT2D eigenvalue weighted by atomic mass is 10.2. The quantitative estimate of drug-likeness (QED) is 0.171. The summed E-state index contributed by atoms with van der Waals surface area (Å²) in [5.41, 5.74) is 2.23. The van der Waals surface area contributed by atoms with Crippen LogP contribution in [0.1, 0.15) is 24.8 Å². The molecule has 1 N–H and O–H groups in total. The number of aliphatic hydroxyl groups excluding tert-OH is 1. The van der Waals surface area contributed by atoms with E-state index in [1.54, 1.807) is 41.8 Å². The summed E-state index contributed by atoms with van der Waals surface area (Å²) in [7, 11) is 0. The van der Waals surface area contributed by atoms with Gasteiger partial charge in [-0.15, -0.1) is 11.3 Å². The maximum atomic E-state index is 12.6. The molecule has 1 atom stereocenters. The highest BCUT2D eigenvalue weighted by Crippen LogP contribution is 2.31. The van der Waals surface area contributed by atoms with Gasteiger partial charge in [-0.1, -0.05) is 12.1 Å². The lowest BCUT2D eigenvalue weighted by Gasteiger charge is -2.36. The van der Waals surface area contributed by atoms with Gasteiger partial charge in [0, 0.05) is 60.3 Å². The highest BCUT2D eigenvalue weighted by Gasteiger charge is 2.18. The number of pyridine rings is 2. The fraction of sp³-hybridized carbons (Fsp3) is 0.312. The molecule has 1 aliphatic rings. The van der Waals surface area contributed by atoms with Gasteiger partial charge in [-0.3, -0.25) is 19.2 Å². The van der Waals surface area contributed by atoms with Crippen molar-refractivity contribution in [3.05, 3.63) is 100 Å². The van der Waals surface area contributed by atoms with Crippen molar-refractivity contribution in [1.82, 2.24) is 14.5 Å². The molecule has 41 heavy (non-hydrogen) atoms. The van der Waals surface area contributed by atoms with Crippen molar-refractivity contribution in [3.63, 3.8) is 0 Å². The van der Waals surface area contributed by atoms with Crippen molar-refractivity contribution in [2.24, 2.45) is 0 Å². The second-order valence-corrected chi connectivity index (χ2v) is 11.2. The lowest BCUT2D eigenvalue weighted by Crippen LogP contribution is -2.46. The first-order valence-corrected chi connectivity index (χ1v) is 14.9. The van der Waals surface area contributed by atoms with E-state index in [4.69, 9.17) is 9.47 Å². The van der Waals surface area contributed by atoms with Gasteiger partial charge in [0.2, 0.25) is 6.29 Å². The number of rotatable bonds is 11. The Balaban J connectivity index is 0.980. The summed E-state index contributed by atoms with van der Waals surface area (Å²) in [4.78, 5) is 21.8. The van der Waals surface area contributed by atoms with E-state index in [9.17, 15) is 9.90 Å². The molecule has 8 nitrogen and oxygen atoms in total. The van der Waals surface area contributed by atoms with Crippen LogP contribution < -0.4 is 15.2 Å². The van der Waals surface area contributed by atoms with Crippen LogP contribution in [0.2, 0.25) is 0 Å². The minimum absolute atomic E-state index is 0.104. The number of hydrogen-bond donors (Lipinski definition) is 1. The van der Waals surface area contributed by atoms with E-state index < -0.39 is 6.29 Å². The van der Waals surface area contributed by atoms with Crippen molar-refractivity contribution in [2.75, 3.05) is 44.2 Å². The molecule has 0 spiro atoms. The van der Waals surface area contributed by atoms with Gasteiger partial charge >= 0.3 is 0 Å². The van der Waals surface area contributed by atoms with E-state index in [0.29, 0.717) is 23.6 Å². The Hall–Kier alpha value is -3.76. The van der Waals surface area contributed by atoms with Crippen LogP contribution in [0.4, 0.5) is 5.69 Å². The summed E-state index contributed by atoms with van der Waals surface area (Å²) < 4.78 is 14.5. The number of thiophene rings is 1. The zero-order valence-electron chi connectivity index (χ0n) is 22.9. The van der Waals surface area contributed by atoms with Gasteiger partial charge in [0.05, 0.1) is 17.8 Å². The molecule has 0 radical (unpaired) electrons. The Kier molecular flexibility index (Phi) is 8.57. The topological polar surface area (TPSA) is 80.1 Å². The average molecular weight is 571 g/mol. The summed E-state index contributed by atoms with van der Waals surface area (Å²) in [6.45, 7) is 5.80. The van der Waals surface area contributed by atoms with Crippen LogP contribution in [0.3, 0.4) is 0 Å². The van der Waals surface area contributed by atoms with Gasteiger partial charge in [0.1, 0.15) is 12.5 Å². The normalized spacial score (nSPS) is 15.0. The second kappa shape index (κ2) is 12.8. The molecule has 2 aromatic carbocycles. The Morgan fingerprint density at radius 3 is 2.68 bits per heavy atom. The highest BCUT2D eigenvalue weighted by molar-refractivity contribution is 7.17. The van der Waals surface area contributed by atoms with E-state index >= 15 is 0 Å². The van der Waals surface area contributed by atoms with Gasteiger partial charge in [-0.05, 0) is 78.7 Å². The minimum Gasteiger partial charge on any atom is -0.494 e. The molecule has 9 heteroatoms. The van der Waals surface area contributed by atoms with Crippen molar-refractivity contribution in [2.45, 2.75) is 25.9 Å². The van der Waals surface area contributed by atoms with E-state index in [1.807, 2.05) is 18.2 Å². The molecule has 212 valence electrons. The van der Waals surface area contributed by atoms with Crippen LogP contribution in [0, 0.1) is 0 Å². The fourth-order valence-electron chi connectivity index (χ4n) is 5.34. The Labute approximate surface area is 243 Å². The zero-order chi connectivity index (χ0) is 28.0. The number of nitrogens with zero attached hydrogens (tertiary/aromatic N) is 4. The third-order valence-electron chi connectivity index (χ3n) is 7.59. The van der Waals surface area contributed by atoms with Crippen LogP contribution in [0.15, 0.2) is 89.2 Å². The average Bonchev–Trinajstić information content (AvgIpc) is 3.50. The smallest absolute Gasteiger partial charge is 0.252 e. The van der Waals surface area contributed by atoms with Crippen molar-refractivity contribution < 1.29 is 14.6 Å². The van der Waals surface area contributed by atoms with Crippen LogP contribution in [0.25, 0.3) is 21.0 Å². The second-order valence-electron chi connectivity index (χ2n) is 10.2. The molecule has 4 heterocycles. The zero-order valence-corrected chi connectivity index (χ0v) is 23.7. The largest absolute Gasteiger partial charge is 0.494 e. The summed E-state index contributed by atoms with van der Waals surface area (Å²) in [5.74, 6) is 0.707. The number of piperazine rings is 1. The Bertz CT molecular complexity index is 1650. The minimum atomic E-state index is -1.23. The van der Waals surface area contributed by atoms with Gasteiger partial charge in [-0.25, -0.2) is 0 Å². The first-order chi connectivity index (χ1) is 20.2. The van der Waals surface area contributed by atoms with Crippen LogP contribution in [-0.4, -0.2) is 58.9 Å². The van der Waals surface area contributed by atoms with Gasteiger partial charge < -0.3 is 19.5 Å². The predicted octanol–water partition coefficient (Wildman–Crippen LogP) is 5.26. The van der Waals surface area contributed by atoms with E-state index in [2.05, 4.69) is 44.4 Å². The maximum Gasteiger partial charge on any atom is 0.252 e. The maximum absolute atomic E-state index is 12.6. The first kappa shape index (κ1) is 27.4. The predicted molar refractivity (Wildman–Crippen MR) is 164 cm³/mol. The Morgan fingerprint density at radius 2 is 1.83 bits per heavy atom. The van der Waals surface area contributed by atoms with Crippen molar-refractivity contribution in [3.8, 4) is 5.75 Å². The molecule has 5 aromatic rings. The summed E-state index contributed by atoms with van der Waals surface area (Å²) in [6, 6.07) is 23.1. The molecule has 1 unspecified atom stereocenters. The highest BCUT2D eigenvalue weighted by atomic mass is 32.1. The number of aliphatic hydroxyl groups is 1. The van der Waals surface area contributed by atoms with Crippen LogP contribution in [-0.2, 0) is 11.5 Å². The third-order valence-corrected chi connectivity index (χ3v) is 8.47. The summed E-state index contributed by atoms with van der Waals surface area (Å²) in [5, 5.41) is 14.8. The number of ether oxygens (including phenoxy) is 2. The van der Waals surface area contributed by atoms with Crippen LogP contribution in [0.5, 0.6) is 5.75 Å². The van der Waals surface area contributed by atoms with E-state index in [0.717, 1.165) is 51.0 Å². The number of hydrogen-bond acceptors (Lipinski definition) is 8. The number of aromatic nitrogens is 2. The summed E-state index contributed by atoms with van der Waals surface area (Å²) >= 11 is 1.80. The van der Waals surface area contributed by atoms with Crippen molar-refractivity contribution in [1.29, 1.82) is 0 Å². The summed E-state index contributed by atoms with van der Waals surface area (Å²) in [6.07, 6.45) is 2.38. The molecule has 1 saturated heterocycles. The van der Waals surface area contributed by atoms with Crippen molar-refractivity contribution >= 4 is 38.0 Å². The number of fused-ring (bicyclic) bond motifs is 2. The standard InChI is InChI=1S/C32H34N4O4S/c37-31-12-10-24-9-11-25(22-29(24)36(31)23-40-32(38)27-6-1-2-14-33-27)39-20-4-3-15-34-16-18-35(19-17-34)28-7-5-8-30-26(28)13-21-41-30/h1-2,5-14,21-22,32,38H,3-4,15-20,23H2. The monoisotopic (exact) mass is 570 g/mol. The van der Waals surface area contributed by atoms with Gasteiger partial charge in [0.15, 0.2) is 0 Å². The molecular weight excluding hydrogens is 536 g/mol. The molecule has 1 aliphatic heterocycles. The molecule has 3 aromatic heterocycles. The molecule has 0 aliphatic carbocycles. The lowest BCUT2D eigenvalue weighted by molar-refractivity contribution is -0.131. The molecular formula is C32H34N4O4S. The van der Waals surface area contributed by atoms with Crippen LogP contribution >= 0.6 is 11.3 Å². The molecule has 1 fully saturated rings. The SMILES string of the molecule is O=c1ccc2ccc(OCCCCN3CCN(c4cccc5sccc45)CC3)cc2n1COC(O)c1ccccn1. The Morgan fingerprint density at radius 1 is 0.951 bits per heavy atom. The van der Waals surface area contributed by atoms with Gasteiger partial charge in [-0.2, -0.15) is 0 Å². The fourth-order valence-corrected chi connectivity index (χ4v) is 6.14. The van der Waals surface area contributed by atoms with E-state index in [1.165, 1.54) is 26.4 Å². The third kappa shape index (κ3) is 6.44. The number of unbranched alkanes of at least 4 members (excludes halogenated alkanes) is 1. The molecule has 6 rings (SSSR count). The van der Waals surface area contributed by atoms with Gasteiger partial charge in [0.25, 0.3) is 5.56 Å².